The first-order valence-electron chi connectivity index (χ1n) is 6.48. The average molecular weight is 315 g/mol. The van der Waals surface area contributed by atoms with E-state index in [1.165, 1.54) is 18.1 Å². The summed E-state index contributed by atoms with van der Waals surface area (Å²) in [5, 5.41) is 14.8. The van der Waals surface area contributed by atoms with Gasteiger partial charge in [0.25, 0.3) is 0 Å². The third-order valence-corrected chi connectivity index (χ3v) is 3.52. The van der Waals surface area contributed by atoms with E-state index in [1.807, 2.05) is 18.2 Å². The number of amides is 1. The van der Waals surface area contributed by atoms with Crippen molar-refractivity contribution in [3.63, 3.8) is 0 Å². The van der Waals surface area contributed by atoms with Gasteiger partial charge in [0, 0.05) is 19.3 Å². The van der Waals surface area contributed by atoms with Gasteiger partial charge in [-0.2, -0.15) is 10.2 Å². The lowest BCUT2D eigenvalue weighted by molar-refractivity contribution is -0.115. The van der Waals surface area contributed by atoms with Crippen LogP contribution in [0.3, 0.4) is 0 Å². The second-order valence-electron chi connectivity index (χ2n) is 4.46. The first-order chi connectivity index (χ1) is 10.7. The lowest BCUT2D eigenvalue weighted by Gasteiger charge is -2.03. The van der Waals surface area contributed by atoms with E-state index in [2.05, 4.69) is 30.6 Å². The number of aromatic amines is 1. The maximum Gasteiger partial charge on any atom is 0.231 e. The maximum absolute atomic E-state index is 12.0. The fourth-order valence-corrected chi connectivity index (χ4v) is 2.49. The van der Waals surface area contributed by atoms with Crippen molar-refractivity contribution in [2.45, 2.75) is 16.6 Å². The Labute approximate surface area is 130 Å². The number of hydrogen-bond acceptors (Lipinski definition) is 6. The van der Waals surface area contributed by atoms with Gasteiger partial charge in [0.05, 0.1) is 12.1 Å². The van der Waals surface area contributed by atoms with Crippen molar-refractivity contribution in [2.75, 3.05) is 5.32 Å². The molecule has 0 spiro atoms. The Morgan fingerprint density at radius 3 is 3.05 bits per heavy atom. The van der Waals surface area contributed by atoms with Crippen LogP contribution >= 0.6 is 11.8 Å². The van der Waals surface area contributed by atoms with Gasteiger partial charge >= 0.3 is 0 Å². The molecule has 0 saturated carbocycles. The molecule has 0 atom stereocenters. The molecule has 3 rings (SSSR count). The number of aromatic nitrogens is 6. The minimum absolute atomic E-state index is 0.159. The molecule has 3 aromatic heterocycles. The molecule has 3 heterocycles. The Morgan fingerprint density at radius 1 is 1.41 bits per heavy atom. The number of aryl methyl sites for hydroxylation is 1. The van der Waals surface area contributed by atoms with Gasteiger partial charge in [-0.25, -0.2) is 9.97 Å². The van der Waals surface area contributed by atoms with Gasteiger partial charge in [-0.15, -0.1) is 0 Å². The number of pyridine rings is 1. The van der Waals surface area contributed by atoms with E-state index in [0.717, 1.165) is 5.03 Å². The number of carbonyl (C=O) groups is 1. The summed E-state index contributed by atoms with van der Waals surface area (Å²) in [5.41, 5.74) is 0.679. The maximum atomic E-state index is 12.0. The van der Waals surface area contributed by atoms with E-state index in [9.17, 15) is 4.79 Å². The number of carbonyl (C=O) groups excluding carboxylic acids is 1. The summed E-state index contributed by atoms with van der Waals surface area (Å²) < 4.78 is 1.63. The molecular formula is C13H13N7OS. The molecule has 0 saturated heterocycles. The zero-order valence-corrected chi connectivity index (χ0v) is 12.5. The van der Waals surface area contributed by atoms with Crippen molar-refractivity contribution in [3.05, 3.63) is 42.5 Å². The van der Waals surface area contributed by atoms with Crippen molar-refractivity contribution in [2.24, 2.45) is 7.05 Å². The predicted octanol–water partition coefficient (Wildman–Crippen LogP) is 1.27. The highest BCUT2D eigenvalue weighted by Gasteiger charge is 2.08. The van der Waals surface area contributed by atoms with Gasteiger partial charge in [0.15, 0.2) is 11.0 Å². The highest BCUT2D eigenvalue weighted by molar-refractivity contribution is 7.99. The van der Waals surface area contributed by atoms with Gasteiger partial charge in [-0.3, -0.25) is 14.6 Å². The highest BCUT2D eigenvalue weighted by atomic mass is 32.2. The molecule has 0 fully saturated rings. The van der Waals surface area contributed by atoms with Crippen molar-refractivity contribution < 1.29 is 4.79 Å². The molecule has 1 amide bonds. The first kappa shape index (κ1) is 14.3. The molecule has 22 heavy (non-hydrogen) atoms. The van der Waals surface area contributed by atoms with Crippen LogP contribution in [0.15, 0.2) is 47.0 Å². The lowest BCUT2D eigenvalue weighted by atomic mass is 10.2. The minimum atomic E-state index is -0.159. The quantitative estimate of drug-likeness (QED) is 0.735. The van der Waals surface area contributed by atoms with Crippen molar-refractivity contribution in [1.82, 2.24) is 29.9 Å². The fraction of sp³-hybridized carbons (Fsp3) is 0.154. The van der Waals surface area contributed by atoms with E-state index in [4.69, 9.17) is 0 Å². The van der Waals surface area contributed by atoms with Crippen LogP contribution in [-0.2, 0) is 18.3 Å². The monoisotopic (exact) mass is 315 g/mol. The predicted molar refractivity (Wildman–Crippen MR) is 80.3 cm³/mol. The lowest BCUT2D eigenvalue weighted by Crippen LogP contribution is -2.15. The summed E-state index contributed by atoms with van der Waals surface area (Å²) in [6.07, 6.45) is 3.39. The number of H-pyrrole nitrogens is 1. The first-order valence-corrected chi connectivity index (χ1v) is 7.29. The molecule has 112 valence electrons. The SMILES string of the molecule is Cn1ccc(NC(=O)Cc2cccc(Sc3ncn[nH]3)n2)n1. The van der Waals surface area contributed by atoms with E-state index in [1.54, 1.807) is 24.0 Å². The summed E-state index contributed by atoms with van der Waals surface area (Å²) in [6, 6.07) is 7.26. The zero-order valence-electron chi connectivity index (χ0n) is 11.7. The summed E-state index contributed by atoms with van der Waals surface area (Å²) >= 11 is 1.36. The van der Waals surface area contributed by atoms with Crippen LogP contribution in [0.2, 0.25) is 0 Å². The Hall–Kier alpha value is -2.68. The van der Waals surface area contributed by atoms with Crippen LogP contribution in [0.4, 0.5) is 5.82 Å². The third kappa shape index (κ3) is 3.70. The highest BCUT2D eigenvalue weighted by Crippen LogP contribution is 2.21. The molecule has 8 nitrogen and oxygen atoms in total. The molecule has 3 aromatic rings. The van der Waals surface area contributed by atoms with Crippen LogP contribution in [0, 0.1) is 0 Å². The number of nitrogens with one attached hydrogen (secondary N) is 2. The molecule has 0 bridgehead atoms. The van der Waals surface area contributed by atoms with E-state index in [0.29, 0.717) is 16.7 Å². The number of rotatable bonds is 5. The topological polar surface area (TPSA) is 101 Å². The Balaban J connectivity index is 1.63. The molecule has 0 aliphatic rings. The average Bonchev–Trinajstić information content (AvgIpc) is 3.11. The fourth-order valence-electron chi connectivity index (χ4n) is 1.79. The van der Waals surface area contributed by atoms with E-state index in [-0.39, 0.29) is 12.3 Å². The molecule has 0 aliphatic carbocycles. The summed E-state index contributed by atoms with van der Waals surface area (Å²) in [5.74, 6) is 0.368. The standard InChI is InChI=1S/C13H13N7OS/c1-20-6-5-10(19-20)17-11(21)7-9-3-2-4-12(16-9)22-13-14-8-15-18-13/h2-6,8H,7H2,1H3,(H,14,15,18)(H,17,19,21). The number of anilines is 1. The third-order valence-electron chi connectivity index (χ3n) is 2.70. The van der Waals surface area contributed by atoms with Crippen LogP contribution in [0.25, 0.3) is 0 Å². The summed E-state index contributed by atoms with van der Waals surface area (Å²) in [6.45, 7) is 0. The molecular weight excluding hydrogens is 302 g/mol. The molecule has 0 radical (unpaired) electrons. The van der Waals surface area contributed by atoms with Gasteiger partial charge in [0.2, 0.25) is 5.91 Å². The molecule has 0 aromatic carbocycles. The normalized spacial score (nSPS) is 10.6. The van der Waals surface area contributed by atoms with Gasteiger partial charge in [-0.05, 0) is 23.9 Å². The Bertz CT molecular complexity index is 768. The Kier molecular flexibility index (Phi) is 4.15. The zero-order chi connectivity index (χ0) is 15.4. The van der Waals surface area contributed by atoms with Gasteiger partial charge in [0.1, 0.15) is 11.4 Å². The van der Waals surface area contributed by atoms with Crippen molar-refractivity contribution in [3.8, 4) is 0 Å². The van der Waals surface area contributed by atoms with Crippen LogP contribution < -0.4 is 5.32 Å². The van der Waals surface area contributed by atoms with Gasteiger partial charge < -0.3 is 5.32 Å². The van der Waals surface area contributed by atoms with Crippen molar-refractivity contribution in [1.29, 1.82) is 0 Å². The molecule has 0 unspecified atom stereocenters. The largest absolute Gasteiger partial charge is 0.309 e. The molecule has 0 aliphatic heterocycles. The number of hydrogen-bond donors (Lipinski definition) is 2. The second-order valence-corrected chi connectivity index (χ2v) is 5.47. The second kappa shape index (κ2) is 6.39. The van der Waals surface area contributed by atoms with E-state index >= 15 is 0 Å². The summed E-state index contributed by atoms with van der Waals surface area (Å²) in [4.78, 5) is 20.4. The van der Waals surface area contributed by atoms with Crippen molar-refractivity contribution >= 4 is 23.5 Å². The smallest absolute Gasteiger partial charge is 0.231 e. The summed E-state index contributed by atoms with van der Waals surface area (Å²) in [7, 11) is 1.79. The van der Waals surface area contributed by atoms with Crippen LogP contribution in [0.1, 0.15) is 5.69 Å². The van der Waals surface area contributed by atoms with E-state index < -0.39 is 0 Å². The number of nitrogens with zero attached hydrogens (tertiary/aromatic N) is 5. The van der Waals surface area contributed by atoms with Gasteiger partial charge in [-0.1, -0.05) is 6.07 Å². The van der Waals surface area contributed by atoms with Crippen LogP contribution in [-0.4, -0.2) is 35.9 Å². The Morgan fingerprint density at radius 2 is 2.32 bits per heavy atom. The molecule has 2 N–H and O–H groups in total. The minimum Gasteiger partial charge on any atom is -0.309 e. The van der Waals surface area contributed by atoms with Crippen LogP contribution in [0.5, 0.6) is 0 Å². The molecule has 9 heteroatoms.